The van der Waals surface area contributed by atoms with Crippen LogP contribution in [0.2, 0.25) is 0 Å². The number of rotatable bonds is 8. The first-order chi connectivity index (χ1) is 12.4. The van der Waals surface area contributed by atoms with Gasteiger partial charge in [0.1, 0.15) is 23.5 Å². The molecule has 0 fully saturated rings. The summed E-state index contributed by atoms with van der Waals surface area (Å²) in [5.41, 5.74) is 0.915. The van der Waals surface area contributed by atoms with E-state index in [4.69, 9.17) is 14.4 Å². The lowest BCUT2D eigenvalue weighted by Crippen LogP contribution is -2.18. The van der Waals surface area contributed by atoms with Crippen LogP contribution in [0.15, 0.2) is 57.3 Å². The van der Waals surface area contributed by atoms with E-state index in [1.807, 2.05) is 19.1 Å². The van der Waals surface area contributed by atoms with Crippen LogP contribution in [0.5, 0.6) is 5.75 Å². The number of fused-ring (bicyclic) bond motifs is 1. The van der Waals surface area contributed by atoms with Gasteiger partial charge < -0.3 is 14.3 Å². The van der Waals surface area contributed by atoms with E-state index in [2.05, 4.69) is 4.89 Å². The molecule has 0 radical (unpaired) electrons. The lowest BCUT2D eigenvalue weighted by molar-refractivity contribution is -0.297. The Morgan fingerprint density at radius 3 is 2.81 bits per heavy atom. The number of aliphatic hydroxyl groups is 1. The van der Waals surface area contributed by atoms with Crippen molar-refractivity contribution in [1.82, 2.24) is 0 Å². The van der Waals surface area contributed by atoms with Gasteiger partial charge in [-0.05, 0) is 50.5 Å². The largest absolute Gasteiger partial charge is 0.488 e. The van der Waals surface area contributed by atoms with Crippen molar-refractivity contribution in [1.29, 1.82) is 0 Å². The molecule has 6 heteroatoms. The average molecular weight is 360 g/mol. The molecule has 0 aliphatic heterocycles. The Labute approximate surface area is 151 Å². The van der Waals surface area contributed by atoms with Crippen LogP contribution in [-0.2, 0) is 4.89 Å². The van der Waals surface area contributed by atoms with Gasteiger partial charge in [0.05, 0.1) is 18.1 Å². The van der Waals surface area contributed by atoms with Crippen LogP contribution < -0.4 is 10.4 Å². The first-order valence-electron chi connectivity index (χ1n) is 8.31. The van der Waals surface area contributed by atoms with Gasteiger partial charge in [0.2, 0.25) is 0 Å². The van der Waals surface area contributed by atoms with Crippen LogP contribution in [0, 0.1) is 6.92 Å². The SMILES string of the molecule is Cc1cccc2oc(=O)cc(OCC=C(CO)CC=CC(C)(C)OO)c12. The summed E-state index contributed by atoms with van der Waals surface area (Å²) in [5, 5.41) is 19.0. The van der Waals surface area contributed by atoms with Crippen LogP contribution in [0.3, 0.4) is 0 Å². The Balaban J connectivity index is 2.11. The lowest BCUT2D eigenvalue weighted by atomic mass is 10.1. The molecular weight excluding hydrogens is 336 g/mol. The smallest absolute Gasteiger partial charge is 0.339 e. The second-order valence-corrected chi connectivity index (χ2v) is 6.51. The predicted octanol–water partition coefficient (Wildman–Crippen LogP) is 3.61. The molecule has 0 spiro atoms. The van der Waals surface area contributed by atoms with Gasteiger partial charge in [0.25, 0.3) is 0 Å². The second-order valence-electron chi connectivity index (χ2n) is 6.51. The van der Waals surface area contributed by atoms with Crippen LogP contribution in [0.4, 0.5) is 0 Å². The summed E-state index contributed by atoms with van der Waals surface area (Å²) >= 11 is 0. The summed E-state index contributed by atoms with van der Waals surface area (Å²) in [5.74, 6) is 0.452. The second kappa shape index (κ2) is 8.80. The third-order valence-electron chi connectivity index (χ3n) is 3.89. The van der Waals surface area contributed by atoms with E-state index >= 15 is 0 Å². The maximum absolute atomic E-state index is 11.7. The van der Waals surface area contributed by atoms with Crippen molar-refractivity contribution >= 4 is 11.0 Å². The quantitative estimate of drug-likeness (QED) is 0.323. The Kier molecular flexibility index (Phi) is 6.74. The van der Waals surface area contributed by atoms with Gasteiger partial charge in [-0.3, -0.25) is 5.26 Å². The number of benzene rings is 1. The van der Waals surface area contributed by atoms with E-state index in [1.54, 1.807) is 38.1 Å². The molecule has 6 nitrogen and oxygen atoms in total. The van der Waals surface area contributed by atoms with Crippen molar-refractivity contribution in [2.24, 2.45) is 0 Å². The molecule has 0 atom stereocenters. The van der Waals surface area contributed by atoms with Crippen LogP contribution in [0.25, 0.3) is 11.0 Å². The molecule has 0 saturated carbocycles. The van der Waals surface area contributed by atoms with E-state index in [1.165, 1.54) is 6.07 Å². The van der Waals surface area contributed by atoms with E-state index in [9.17, 15) is 9.90 Å². The zero-order valence-corrected chi connectivity index (χ0v) is 15.2. The Hall–Kier alpha value is -2.41. The molecule has 0 bridgehead atoms. The van der Waals surface area contributed by atoms with Crippen molar-refractivity contribution in [3.63, 3.8) is 0 Å². The van der Waals surface area contributed by atoms with Gasteiger partial charge in [-0.2, -0.15) is 0 Å². The minimum atomic E-state index is -0.786. The van der Waals surface area contributed by atoms with E-state index in [0.29, 0.717) is 17.8 Å². The number of hydrogen-bond acceptors (Lipinski definition) is 6. The molecule has 0 unspecified atom stereocenters. The fourth-order valence-electron chi connectivity index (χ4n) is 2.46. The topological polar surface area (TPSA) is 89.1 Å². The van der Waals surface area contributed by atoms with Gasteiger partial charge in [-0.25, -0.2) is 9.68 Å². The van der Waals surface area contributed by atoms with Crippen LogP contribution >= 0.6 is 0 Å². The van der Waals surface area contributed by atoms with Crippen molar-refractivity contribution < 1.29 is 24.4 Å². The zero-order chi connectivity index (χ0) is 19.2. The van der Waals surface area contributed by atoms with E-state index in [0.717, 1.165) is 16.5 Å². The molecule has 140 valence electrons. The molecule has 2 rings (SSSR count). The molecular formula is C20H24O6. The Morgan fingerprint density at radius 1 is 1.35 bits per heavy atom. The molecule has 2 aromatic rings. The van der Waals surface area contributed by atoms with Crippen molar-refractivity contribution in [2.45, 2.75) is 32.8 Å². The summed E-state index contributed by atoms with van der Waals surface area (Å²) in [6.07, 6.45) is 5.75. The summed E-state index contributed by atoms with van der Waals surface area (Å²) in [7, 11) is 0. The molecule has 1 aromatic carbocycles. The number of aliphatic hydroxyl groups excluding tert-OH is 1. The zero-order valence-electron chi connectivity index (χ0n) is 15.2. The van der Waals surface area contributed by atoms with Gasteiger partial charge in [-0.1, -0.05) is 24.3 Å². The number of aryl methyl sites for hydroxylation is 1. The number of allylic oxidation sites excluding steroid dienone is 1. The fourth-order valence-corrected chi connectivity index (χ4v) is 2.46. The molecule has 26 heavy (non-hydrogen) atoms. The highest BCUT2D eigenvalue weighted by Crippen LogP contribution is 2.27. The molecule has 1 aromatic heterocycles. The first-order valence-corrected chi connectivity index (χ1v) is 8.31. The van der Waals surface area contributed by atoms with Gasteiger partial charge in [-0.15, -0.1) is 0 Å². The Morgan fingerprint density at radius 2 is 2.12 bits per heavy atom. The summed E-state index contributed by atoms with van der Waals surface area (Å²) in [6.45, 7) is 5.42. The van der Waals surface area contributed by atoms with Crippen LogP contribution in [0.1, 0.15) is 25.8 Å². The highest BCUT2D eigenvalue weighted by molar-refractivity contribution is 5.86. The summed E-state index contributed by atoms with van der Waals surface area (Å²) in [4.78, 5) is 16.0. The minimum absolute atomic E-state index is 0.120. The maximum atomic E-state index is 11.7. The number of ether oxygens (including phenoxy) is 1. The lowest BCUT2D eigenvalue weighted by Gasteiger charge is -2.14. The molecule has 2 N–H and O–H groups in total. The average Bonchev–Trinajstić information content (AvgIpc) is 2.60. The number of hydrogen-bond donors (Lipinski definition) is 2. The van der Waals surface area contributed by atoms with Crippen LogP contribution in [-0.4, -0.2) is 29.2 Å². The summed E-state index contributed by atoms with van der Waals surface area (Å²) in [6, 6.07) is 6.78. The fraction of sp³-hybridized carbons (Fsp3) is 0.350. The molecule has 0 saturated heterocycles. The third kappa shape index (κ3) is 5.29. The van der Waals surface area contributed by atoms with Gasteiger partial charge in [0, 0.05) is 0 Å². The minimum Gasteiger partial charge on any atom is -0.488 e. The molecule has 0 aliphatic carbocycles. The monoisotopic (exact) mass is 360 g/mol. The highest BCUT2D eigenvalue weighted by Gasteiger charge is 2.13. The first kappa shape index (κ1) is 19.9. The van der Waals surface area contributed by atoms with Crippen molar-refractivity contribution in [3.05, 3.63) is 64.1 Å². The highest BCUT2D eigenvalue weighted by atomic mass is 17.1. The van der Waals surface area contributed by atoms with E-state index in [-0.39, 0.29) is 13.2 Å². The summed E-state index contributed by atoms with van der Waals surface area (Å²) < 4.78 is 10.9. The van der Waals surface area contributed by atoms with E-state index < -0.39 is 11.2 Å². The predicted molar refractivity (Wildman–Crippen MR) is 99.4 cm³/mol. The standard InChI is InChI=1S/C20H24O6/c1-14-6-4-8-16-19(14)17(12-18(22)25-16)24-11-9-15(13-21)7-5-10-20(2,3)26-23/h4-6,8-10,12,21,23H,7,11,13H2,1-3H3. The molecule has 0 amide bonds. The molecule has 1 heterocycles. The Bertz CT molecular complexity index is 860. The third-order valence-corrected chi connectivity index (χ3v) is 3.89. The van der Waals surface area contributed by atoms with Gasteiger partial charge >= 0.3 is 5.63 Å². The maximum Gasteiger partial charge on any atom is 0.339 e. The van der Waals surface area contributed by atoms with Crippen molar-refractivity contribution in [2.75, 3.05) is 13.2 Å². The van der Waals surface area contributed by atoms with Crippen molar-refractivity contribution in [3.8, 4) is 5.75 Å². The normalized spacial score (nSPS) is 12.9. The molecule has 0 aliphatic rings. The van der Waals surface area contributed by atoms with Gasteiger partial charge in [0.15, 0.2) is 0 Å².